The molecule has 0 saturated carbocycles. The first kappa shape index (κ1) is 14.1. The predicted molar refractivity (Wildman–Crippen MR) is 76.5 cm³/mol. The van der Waals surface area contributed by atoms with Crippen molar-refractivity contribution in [1.29, 1.82) is 0 Å². The number of aliphatic hydroxyl groups is 1. The van der Waals surface area contributed by atoms with Crippen molar-refractivity contribution in [2.75, 3.05) is 12.4 Å². The van der Waals surface area contributed by atoms with Crippen LogP contribution in [0.5, 0.6) is 0 Å². The maximum Gasteiger partial charge on any atom is 0.251 e. The van der Waals surface area contributed by atoms with Crippen molar-refractivity contribution >= 4 is 11.6 Å². The smallest absolute Gasteiger partial charge is 0.251 e. The zero-order valence-electron chi connectivity index (χ0n) is 11.6. The van der Waals surface area contributed by atoms with E-state index in [1.165, 1.54) is 0 Å². The molecule has 0 radical (unpaired) electrons. The van der Waals surface area contributed by atoms with Gasteiger partial charge in [0.05, 0.1) is 6.54 Å². The first-order chi connectivity index (χ1) is 9.65. The Morgan fingerprint density at radius 3 is 2.65 bits per heavy atom. The van der Waals surface area contributed by atoms with Crippen LogP contribution < -0.4 is 10.6 Å². The summed E-state index contributed by atoms with van der Waals surface area (Å²) >= 11 is 0. The first-order valence-electron chi connectivity index (χ1n) is 6.39. The fraction of sp³-hybridized carbons (Fsp3) is 0.267. The van der Waals surface area contributed by atoms with Crippen LogP contribution in [0.4, 0.5) is 5.69 Å². The SMILES string of the molecule is CNC(=O)c1cccc(NCc2ccc(CO)o2)c1C. The van der Waals surface area contributed by atoms with Crippen LogP contribution in [-0.2, 0) is 13.2 Å². The summed E-state index contributed by atoms with van der Waals surface area (Å²) in [7, 11) is 1.61. The van der Waals surface area contributed by atoms with E-state index >= 15 is 0 Å². The fourth-order valence-electron chi connectivity index (χ4n) is 1.99. The summed E-state index contributed by atoms with van der Waals surface area (Å²) < 4.78 is 5.40. The highest BCUT2D eigenvalue weighted by atomic mass is 16.4. The summed E-state index contributed by atoms with van der Waals surface area (Å²) in [5.41, 5.74) is 2.42. The second kappa shape index (κ2) is 6.25. The summed E-state index contributed by atoms with van der Waals surface area (Å²) in [6.45, 7) is 2.29. The van der Waals surface area contributed by atoms with Gasteiger partial charge in [0.25, 0.3) is 5.91 Å². The number of benzene rings is 1. The molecule has 5 heteroatoms. The second-order valence-corrected chi connectivity index (χ2v) is 4.44. The Bertz CT molecular complexity index is 605. The number of carbonyl (C=O) groups is 1. The molecule has 0 saturated heterocycles. The van der Waals surface area contributed by atoms with Gasteiger partial charge in [0.15, 0.2) is 0 Å². The Morgan fingerprint density at radius 2 is 2.00 bits per heavy atom. The summed E-state index contributed by atoms with van der Waals surface area (Å²) in [5.74, 6) is 1.17. The van der Waals surface area contributed by atoms with E-state index in [0.717, 1.165) is 17.0 Å². The average molecular weight is 274 g/mol. The number of aliphatic hydroxyl groups excluding tert-OH is 1. The van der Waals surface area contributed by atoms with Crippen molar-refractivity contribution in [3.8, 4) is 0 Å². The minimum absolute atomic E-state index is 0.105. The third kappa shape index (κ3) is 3.00. The van der Waals surface area contributed by atoms with Crippen molar-refractivity contribution in [1.82, 2.24) is 5.32 Å². The molecule has 0 aliphatic rings. The number of hydrogen-bond donors (Lipinski definition) is 3. The molecule has 1 aromatic heterocycles. The van der Waals surface area contributed by atoms with Gasteiger partial charge in [0, 0.05) is 18.3 Å². The zero-order chi connectivity index (χ0) is 14.5. The molecule has 1 aromatic carbocycles. The Morgan fingerprint density at radius 1 is 1.25 bits per heavy atom. The minimum atomic E-state index is -0.106. The summed E-state index contributed by atoms with van der Waals surface area (Å²) in [6, 6.07) is 9.09. The molecule has 2 rings (SSSR count). The molecule has 0 unspecified atom stereocenters. The fourth-order valence-corrected chi connectivity index (χ4v) is 1.99. The van der Waals surface area contributed by atoms with Gasteiger partial charge < -0.3 is 20.2 Å². The van der Waals surface area contributed by atoms with Gasteiger partial charge in [0.1, 0.15) is 18.1 Å². The molecule has 0 aliphatic carbocycles. The van der Waals surface area contributed by atoms with Gasteiger partial charge in [-0.3, -0.25) is 4.79 Å². The molecule has 0 fully saturated rings. The van der Waals surface area contributed by atoms with Crippen LogP contribution in [0.25, 0.3) is 0 Å². The lowest BCUT2D eigenvalue weighted by Crippen LogP contribution is -2.19. The highest BCUT2D eigenvalue weighted by molar-refractivity contribution is 5.96. The van der Waals surface area contributed by atoms with Gasteiger partial charge in [-0.05, 0) is 36.8 Å². The zero-order valence-corrected chi connectivity index (χ0v) is 11.6. The summed E-state index contributed by atoms with van der Waals surface area (Å²) in [6.07, 6.45) is 0. The summed E-state index contributed by atoms with van der Waals surface area (Å²) in [5, 5.41) is 14.8. The third-order valence-electron chi connectivity index (χ3n) is 3.13. The van der Waals surface area contributed by atoms with Crippen LogP contribution in [0.3, 0.4) is 0 Å². The molecule has 106 valence electrons. The van der Waals surface area contributed by atoms with E-state index in [-0.39, 0.29) is 12.5 Å². The van der Waals surface area contributed by atoms with E-state index in [2.05, 4.69) is 10.6 Å². The number of nitrogens with one attached hydrogen (secondary N) is 2. The molecule has 20 heavy (non-hydrogen) atoms. The van der Waals surface area contributed by atoms with E-state index in [1.54, 1.807) is 19.2 Å². The van der Waals surface area contributed by atoms with E-state index in [1.807, 2.05) is 25.1 Å². The lowest BCUT2D eigenvalue weighted by Gasteiger charge is -2.11. The van der Waals surface area contributed by atoms with Crippen molar-refractivity contribution < 1.29 is 14.3 Å². The highest BCUT2D eigenvalue weighted by Crippen LogP contribution is 2.20. The van der Waals surface area contributed by atoms with Gasteiger partial charge in [0.2, 0.25) is 0 Å². The van der Waals surface area contributed by atoms with Crippen LogP contribution in [0.2, 0.25) is 0 Å². The predicted octanol–water partition coefficient (Wildman–Crippen LogP) is 2.05. The maximum atomic E-state index is 11.7. The molecule has 3 N–H and O–H groups in total. The molecule has 1 amide bonds. The van der Waals surface area contributed by atoms with E-state index < -0.39 is 0 Å². The maximum absolute atomic E-state index is 11.7. The van der Waals surface area contributed by atoms with Crippen molar-refractivity contribution in [2.24, 2.45) is 0 Å². The molecular formula is C15H18N2O3. The van der Waals surface area contributed by atoms with Crippen molar-refractivity contribution in [2.45, 2.75) is 20.1 Å². The van der Waals surface area contributed by atoms with Crippen LogP contribution in [0.15, 0.2) is 34.7 Å². The molecular weight excluding hydrogens is 256 g/mol. The minimum Gasteiger partial charge on any atom is -0.462 e. The monoisotopic (exact) mass is 274 g/mol. The number of anilines is 1. The number of hydrogen-bond acceptors (Lipinski definition) is 4. The van der Waals surface area contributed by atoms with E-state index in [0.29, 0.717) is 17.9 Å². The number of furan rings is 1. The van der Waals surface area contributed by atoms with Crippen LogP contribution in [0.1, 0.15) is 27.4 Å². The quantitative estimate of drug-likeness (QED) is 0.780. The largest absolute Gasteiger partial charge is 0.462 e. The standard InChI is InChI=1S/C15H18N2O3/c1-10-13(15(19)16-2)4-3-5-14(10)17-8-11-6-7-12(9-18)20-11/h3-7,17-18H,8-9H2,1-2H3,(H,16,19). The van der Waals surface area contributed by atoms with Crippen molar-refractivity contribution in [3.05, 3.63) is 53.0 Å². The molecule has 0 bridgehead atoms. The normalized spacial score (nSPS) is 10.3. The Balaban J connectivity index is 2.11. The topological polar surface area (TPSA) is 74.5 Å². The van der Waals surface area contributed by atoms with Crippen LogP contribution in [-0.4, -0.2) is 18.1 Å². The molecule has 0 atom stereocenters. The van der Waals surface area contributed by atoms with E-state index in [4.69, 9.17) is 9.52 Å². The third-order valence-corrected chi connectivity index (χ3v) is 3.13. The molecule has 5 nitrogen and oxygen atoms in total. The van der Waals surface area contributed by atoms with Gasteiger partial charge >= 0.3 is 0 Å². The number of amides is 1. The lowest BCUT2D eigenvalue weighted by molar-refractivity contribution is 0.0962. The number of carbonyl (C=O) groups excluding carboxylic acids is 1. The first-order valence-corrected chi connectivity index (χ1v) is 6.39. The molecule has 0 aliphatic heterocycles. The van der Waals surface area contributed by atoms with Crippen LogP contribution in [0, 0.1) is 6.92 Å². The highest BCUT2D eigenvalue weighted by Gasteiger charge is 2.10. The van der Waals surface area contributed by atoms with Gasteiger partial charge in [-0.1, -0.05) is 6.07 Å². The Hall–Kier alpha value is -2.27. The second-order valence-electron chi connectivity index (χ2n) is 4.44. The van der Waals surface area contributed by atoms with Gasteiger partial charge in [-0.25, -0.2) is 0 Å². The van der Waals surface area contributed by atoms with Crippen LogP contribution >= 0.6 is 0 Å². The lowest BCUT2D eigenvalue weighted by atomic mass is 10.1. The Labute approximate surface area is 117 Å². The van der Waals surface area contributed by atoms with Crippen molar-refractivity contribution in [3.63, 3.8) is 0 Å². The molecule has 2 aromatic rings. The van der Waals surface area contributed by atoms with Gasteiger partial charge in [-0.15, -0.1) is 0 Å². The van der Waals surface area contributed by atoms with E-state index in [9.17, 15) is 4.79 Å². The van der Waals surface area contributed by atoms with Gasteiger partial charge in [-0.2, -0.15) is 0 Å². The molecule has 0 spiro atoms. The average Bonchev–Trinajstić information content (AvgIpc) is 2.93. The molecule has 1 heterocycles. The number of rotatable bonds is 5. The summed E-state index contributed by atoms with van der Waals surface area (Å²) in [4.78, 5) is 11.7. The Kier molecular flexibility index (Phi) is 4.42.